The van der Waals surface area contributed by atoms with E-state index in [1.165, 1.54) is 0 Å². The first-order valence-electron chi connectivity index (χ1n) is 4.48. The lowest BCUT2D eigenvalue weighted by Gasteiger charge is -2.23. The zero-order valence-corrected chi connectivity index (χ0v) is 8.03. The van der Waals surface area contributed by atoms with E-state index in [2.05, 4.69) is 0 Å². The molecule has 1 heterocycles. The SMILES string of the molecule is CC(O)C(C)C1=C(CO)C=CCO1. The molecule has 0 aliphatic carbocycles. The first-order valence-corrected chi connectivity index (χ1v) is 4.48. The smallest absolute Gasteiger partial charge is 0.107 e. The summed E-state index contributed by atoms with van der Waals surface area (Å²) < 4.78 is 5.38. The van der Waals surface area contributed by atoms with Gasteiger partial charge >= 0.3 is 0 Å². The van der Waals surface area contributed by atoms with E-state index < -0.39 is 6.10 Å². The van der Waals surface area contributed by atoms with Crippen molar-refractivity contribution in [1.29, 1.82) is 0 Å². The fourth-order valence-corrected chi connectivity index (χ4v) is 1.28. The molecule has 0 fully saturated rings. The molecular formula is C10H16O3. The minimum Gasteiger partial charge on any atom is -0.493 e. The van der Waals surface area contributed by atoms with Crippen LogP contribution >= 0.6 is 0 Å². The van der Waals surface area contributed by atoms with Crippen molar-refractivity contribution in [3.8, 4) is 0 Å². The van der Waals surface area contributed by atoms with Gasteiger partial charge in [-0.05, 0) is 13.0 Å². The molecule has 0 aromatic heterocycles. The summed E-state index contributed by atoms with van der Waals surface area (Å²) in [6, 6.07) is 0. The lowest BCUT2D eigenvalue weighted by atomic mass is 9.98. The van der Waals surface area contributed by atoms with E-state index in [9.17, 15) is 5.11 Å². The molecule has 3 nitrogen and oxygen atoms in total. The Balaban J connectivity index is 2.84. The zero-order chi connectivity index (χ0) is 9.84. The van der Waals surface area contributed by atoms with Crippen molar-refractivity contribution in [1.82, 2.24) is 0 Å². The average molecular weight is 184 g/mol. The van der Waals surface area contributed by atoms with Crippen molar-refractivity contribution >= 4 is 0 Å². The van der Waals surface area contributed by atoms with E-state index in [1.54, 1.807) is 6.92 Å². The maximum atomic E-state index is 9.37. The maximum Gasteiger partial charge on any atom is 0.107 e. The molecule has 1 aliphatic rings. The summed E-state index contributed by atoms with van der Waals surface area (Å²) in [7, 11) is 0. The van der Waals surface area contributed by atoms with Crippen LogP contribution in [0.2, 0.25) is 0 Å². The van der Waals surface area contributed by atoms with E-state index in [0.717, 1.165) is 5.57 Å². The van der Waals surface area contributed by atoms with Gasteiger partial charge in [-0.2, -0.15) is 0 Å². The molecule has 1 aliphatic heterocycles. The number of hydrogen-bond acceptors (Lipinski definition) is 3. The van der Waals surface area contributed by atoms with Gasteiger partial charge < -0.3 is 14.9 Å². The highest BCUT2D eigenvalue weighted by Gasteiger charge is 2.20. The Bertz CT molecular complexity index is 228. The highest BCUT2D eigenvalue weighted by molar-refractivity contribution is 5.27. The van der Waals surface area contributed by atoms with Gasteiger partial charge in [-0.3, -0.25) is 0 Å². The quantitative estimate of drug-likeness (QED) is 0.683. The molecule has 2 unspecified atom stereocenters. The normalized spacial score (nSPS) is 21.2. The molecule has 0 amide bonds. The highest BCUT2D eigenvalue weighted by atomic mass is 16.5. The number of aliphatic hydroxyl groups excluding tert-OH is 2. The fourth-order valence-electron chi connectivity index (χ4n) is 1.28. The van der Waals surface area contributed by atoms with Gasteiger partial charge in [0.2, 0.25) is 0 Å². The largest absolute Gasteiger partial charge is 0.493 e. The minimum atomic E-state index is -0.456. The third-order valence-electron chi connectivity index (χ3n) is 2.28. The Kier molecular flexibility index (Phi) is 3.51. The van der Waals surface area contributed by atoms with Crippen molar-refractivity contribution in [2.24, 2.45) is 5.92 Å². The number of aliphatic hydroxyl groups is 2. The summed E-state index contributed by atoms with van der Waals surface area (Å²) in [5, 5.41) is 18.4. The molecule has 1 rings (SSSR count). The van der Waals surface area contributed by atoms with Crippen LogP contribution < -0.4 is 0 Å². The average Bonchev–Trinajstić information content (AvgIpc) is 2.16. The standard InChI is InChI=1S/C10H16O3/c1-7(8(2)12)10-9(6-11)4-3-5-13-10/h3-4,7-8,11-12H,5-6H2,1-2H3. The van der Waals surface area contributed by atoms with Crippen LogP contribution in [0.4, 0.5) is 0 Å². The van der Waals surface area contributed by atoms with E-state index in [4.69, 9.17) is 9.84 Å². The summed E-state index contributed by atoms with van der Waals surface area (Å²) in [4.78, 5) is 0. The molecule has 0 aromatic carbocycles. The molecule has 0 bridgehead atoms. The van der Waals surface area contributed by atoms with Gasteiger partial charge in [0.15, 0.2) is 0 Å². The van der Waals surface area contributed by atoms with Gasteiger partial charge in [-0.25, -0.2) is 0 Å². The van der Waals surface area contributed by atoms with Crippen LogP contribution in [0, 0.1) is 5.92 Å². The van der Waals surface area contributed by atoms with Crippen LogP contribution in [-0.2, 0) is 4.74 Å². The lowest BCUT2D eigenvalue weighted by Crippen LogP contribution is -2.21. The molecule has 0 radical (unpaired) electrons. The third kappa shape index (κ3) is 2.32. The molecular weight excluding hydrogens is 168 g/mol. The molecule has 0 spiro atoms. The van der Waals surface area contributed by atoms with Gasteiger partial charge in [-0.15, -0.1) is 0 Å². The molecule has 0 aromatic rings. The zero-order valence-electron chi connectivity index (χ0n) is 8.03. The summed E-state index contributed by atoms with van der Waals surface area (Å²) in [6.45, 7) is 4.09. The van der Waals surface area contributed by atoms with Crippen molar-refractivity contribution in [3.05, 3.63) is 23.5 Å². The van der Waals surface area contributed by atoms with Crippen LogP contribution in [0.5, 0.6) is 0 Å². The Morgan fingerprint density at radius 2 is 2.23 bits per heavy atom. The van der Waals surface area contributed by atoms with Gasteiger partial charge in [-0.1, -0.05) is 13.0 Å². The fraction of sp³-hybridized carbons (Fsp3) is 0.600. The molecule has 74 valence electrons. The Hall–Kier alpha value is -0.800. The Morgan fingerprint density at radius 1 is 1.54 bits per heavy atom. The van der Waals surface area contributed by atoms with Crippen molar-refractivity contribution < 1.29 is 14.9 Å². The predicted octanol–water partition coefficient (Wildman–Crippen LogP) is 0.836. The second-order valence-electron chi connectivity index (χ2n) is 3.29. The van der Waals surface area contributed by atoms with Crippen molar-refractivity contribution in [2.45, 2.75) is 20.0 Å². The van der Waals surface area contributed by atoms with E-state index in [-0.39, 0.29) is 12.5 Å². The van der Waals surface area contributed by atoms with E-state index in [0.29, 0.717) is 12.4 Å². The molecule has 0 saturated heterocycles. The van der Waals surface area contributed by atoms with E-state index in [1.807, 2.05) is 19.1 Å². The molecule has 0 saturated carbocycles. The van der Waals surface area contributed by atoms with Crippen LogP contribution in [0.15, 0.2) is 23.5 Å². The summed E-state index contributed by atoms with van der Waals surface area (Å²) in [5.41, 5.74) is 0.764. The number of rotatable bonds is 3. The van der Waals surface area contributed by atoms with Gasteiger partial charge in [0.05, 0.1) is 12.7 Å². The molecule has 2 atom stereocenters. The second-order valence-corrected chi connectivity index (χ2v) is 3.29. The number of ether oxygens (including phenoxy) is 1. The molecule has 13 heavy (non-hydrogen) atoms. The Labute approximate surface area is 78.3 Å². The molecule has 3 heteroatoms. The summed E-state index contributed by atoms with van der Waals surface area (Å²) in [5.74, 6) is 0.645. The Morgan fingerprint density at radius 3 is 2.77 bits per heavy atom. The van der Waals surface area contributed by atoms with Gasteiger partial charge in [0.25, 0.3) is 0 Å². The van der Waals surface area contributed by atoms with Crippen LogP contribution in [0.25, 0.3) is 0 Å². The van der Waals surface area contributed by atoms with Crippen molar-refractivity contribution in [3.63, 3.8) is 0 Å². The second kappa shape index (κ2) is 4.44. The first-order chi connectivity index (χ1) is 6.16. The highest BCUT2D eigenvalue weighted by Crippen LogP contribution is 2.23. The monoisotopic (exact) mass is 184 g/mol. The van der Waals surface area contributed by atoms with Crippen LogP contribution in [0.3, 0.4) is 0 Å². The third-order valence-corrected chi connectivity index (χ3v) is 2.28. The van der Waals surface area contributed by atoms with Gasteiger partial charge in [0.1, 0.15) is 12.4 Å². The first kappa shape index (κ1) is 10.3. The van der Waals surface area contributed by atoms with Crippen LogP contribution in [0.1, 0.15) is 13.8 Å². The van der Waals surface area contributed by atoms with Crippen LogP contribution in [-0.4, -0.2) is 29.5 Å². The topological polar surface area (TPSA) is 49.7 Å². The maximum absolute atomic E-state index is 9.37. The number of hydrogen-bond donors (Lipinski definition) is 2. The van der Waals surface area contributed by atoms with Crippen molar-refractivity contribution in [2.75, 3.05) is 13.2 Å². The van der Waals surface area contributed by atoms with E-state index >= 15 is 0 Å². The molecule has 2 N–H and O–H groups in total. The van der Waals surface area contributed by atoms with Gasteiger partial charge in [0, 0.05) is 11.5 Å². The minimum absolute atomic E-state index is 0.0388. The summed E-state index contributed by atoms with van der Waals surface area (Å²) >= 11 is 0. The predicted molar refractivity (Wildman–Crippen MR) is 50.0 cm³/mol. The summed E-state index contributed by atoms with van der Waals surface area (Å²) in [6.07, 6.45) is 3.24. The lowest BCUT2D eigenvalue weighted by molar-refractivity contribution is 0.100.